The van der Waals surface area contributed by atoms with Crippen molar-refractivity contribution in [2.45, 2.75) is 41.9 Å². The van der Waals surface area contributed by atoms with Crippen molar-refractivity contribution in [3.63, 3.8) is 0 Å². The van der Waals surface area contributed by atoms with Crippen LogP contribution in [0.2, 0.25) is 0 Å². The number of nitrogens with one attached hydrogen (secondary N) is 2. The highest BCUT2D eigenvalue weighted by Gasteiger charge is 2.34. The molecule has 1 aromatic carbocycles. The molecule has 6 heteroatoms. The first-order valence-electron chi connectivity index (χ1n) is 7.30. The maximum atomic E-state index is 12.4. The lowest BCUT2D eigenvalue weighted by atomic mass is 10.1. The van der Waals surface area contributed by atoms with Gasteiger partial charge in [0.05, 0.1) is 4.90 Å². The lowest BCUT2D eigenvalue weighted by Crippen LogP contribution is -2.38. The molecule has 2 rings (SSSR count). The third-order valence-electron chi connectivity index (χ3n) is 4.15. The van der Waals surface area contributed by atoms with Crippen molar-refractivity contribution in [1.29, 1.82) is 0 Å². The van der Waals surface area contributed by atoms with Crippen LogP contribution in [-0.2, 0) is 16.6 Å². The van der Waals surface area contributed by atoms with Gasteiger partial charge in [-0.3, -0.25) is 0 Å². The first-order chi connectivity index (χ1) is 10.0. The van der Waals surface area contributed by atoms with Gasteiger partial charge in [0.15, 0.2) is 0 Å². The summed E-state index contributed by atoms with van der Waals surface area (Å²) in [7, 11) is -1.54. The van der Waals surface area contributed by atoms with Gasteiger partial charge < -0.3 is 5.32 Å². The first-order valence-corrected chi connectivity index (χ1v) is 10.0. The van der Waals surface area contributed by atoms with Crippen molar-refractivity contribution >= 4 is 21.8 Å². The fourth-order valence-electron chi connectivity index (χ4n) is 2.77. The highest BCUT2D eigenvalue weighted by atomic mass is 32.2. The van der Waals surface area contributed by atoms with E-state index in [-0.39, 0.29) is 4.75 Å². The van der Waals surface area contributed by atoms with Gasteiger partial charge in [-0.05, 0) is 43.8 Å². The van der Waals surface area contributed by atoms with Crippen LogP contribution in [0.1, 0.15) is 31.2 Å². The van der Waals surface area contributed by atoms with E-state index in [0.29, 0.717) is 11.4 Å². The van der Waals surface area contributed by atoms with E-state index in [2.05, 4.69) is 16.3 Å². The average Bonchev–Trinajstić information content (AvgIpc) is 2.96. The molecule has 0 saturated heterocycles. The predicted molar refractivity (Wildman–Crippen MR) is 89.1 cm³/mol. The molecule has 0 atom stereocenters. The van der Waals surface area contributed by atoms with Gasteiger partial charge in [0.2, 0.25) is 10.0 Å². The van der Waals surface area contributed by atoms with Gasteiger partial charge in [-0.25, -0.2) is 13.1 Å². The molecule has 0 amide bonds. The quantitative estimate of drug-likeness (QED) is 0.807. The van der Waals surface area contributed by atoms with Crippen LogP contribution in [0.3, 0.4) is 0 Å². The number of hydrogen-bond donors (Lipinski definition) is 2. The van der Waals surface area contributed by atoms with Crippen LogP contribution < -0.4 is 10.0 Å². The Bertz CT molecular complexity index is 550. The standard InChI is InChI=1S/C15H24N2O2S2/c1-16-11-13-5-7-14(8-6-13)21(18,19)17-12-15(20-2)9-3-4-10-15/h5-8,16-17H,3-4,9-12H2,1-2H3. The third kappa shape index (κ3) is 4.22. The smallest absolute Gasteiger partial charge is 0.240 e. The Morgan fingerprint density at radius 3 is 2.33 bits per heavy atom. The summed E-state index contributed by atoms with van der Waals surface area (Å²) in [5, 5.41) is 3.05. The Kier molecular flexibility index (Phi) is 5.71. The Morgan fingerprint density at radius 2 is 1.81 bits per heavy atom. The summed E-state index contributed by atoms with van der Waals surface area (Å²) in [5.41, 5.74) is 1.08. The zero-order chi connectivity index (χ0) is 15.3. The van der Waals surface area contributed by atoms with Crippen molar-refractivity contribution in [1.82, 2.24) is 10.0 Å². The van der Waals surface area contributed by atoms with Gasteiger partial charge >= 0.3 is 0 Å². The van der Waals surface area contributed by atoms with Crippen molar-refractivity contribution in [2.75, 3.05) is 19.8 Å². The van der Waals surface area contributed by atoms with Crippen molar-refractivity contribution in [2.24, 2.45) is 0 Å². The zero-order valence-corrected chi connectivity index (χ0v) is 14.3. The number of hydrogen-bond acceptors (Lipinski definition) is 4. The fourth-order valence-corrected chi connectivity index (χ4v) is 4.91. The lowest BCUT2D eigenvalue weighted by molar-refractivity contribution is 0.551. The van der Waals surface area contributed by atoms with E-state index in [9.17, 15) is 8.42 Å². The molecule has 0 heterocycles. The van der Waals surface area contributed by atoms with Crippen molar-refractivity contribution in [3.05, 3.63) is 29.8 Å². The maximum Gasteiger partial charge on any atom is 0.240 e. The monoisotopic (exact) mass is 328 g/mol. The number of rotatable bonds is 7. The minimum atomic E-state index is -3.41. The summed E-state index contributed by atoms with van der Waals surface area (Å²) >= 11 is 1.79. The Hall–Kier alpha value is -0.560. The Labute approximate surface area is 132 Å². The Morgan fingerprint density at radius 1 is 1.19 bits per heavy atom. The Balaban J connectivity index is 2.04. The van der Waals surface area contributed by atoms with Crippen LogP contribution in [0, 0.1) is 0 Å². The van der Waals surface area contributed by atoms with E-state index in [1.807, 2.05) is 19.2 Å². The van der Waals surface area contributed by atoms with E-state index in [1.54, 1.807) is 23.9 Å². The number of sulfonamides is 1. The molecule has 1 aromatic rings. The van der Waals surface area contributed by atoms with Crippen molar-refractivity contribution in [3.8, 4) is 0 Å². The average molecular weight is 329 g/mol. The summed E-state index contributed by atoms with van der Waals surface area (Å²) in [6.45, 7) is 1.26. The molecule has 0 aromatic heterocycles. The minimum Gasteiger partial charge on any atom is -0.316 e. The lowest BCUT2D eigenvalue weighted by Gasteiger charge is -2.26. The van der Waals surface area contributed by atoms with Gasteiger partial charge in [0.1, 0.15) is 0 Å². The highest BCUT2D eigenvalue weighted by molar-refractivity contribution is 8.00. The molecule has 118 valence electrons. The molecule has 2 N–H and O–H groups in total. The summed E-state index contributed by atoms with van der Waals surface area (Å²) < 4.78 is 27.6. The summed E-state index contributed by atoms with van der Waals surface area (Å²) in [4.78, 5) is 0.344. The molecule has 1 aliphatic rings. The highest BCUT2D eigenvalue weighted by Crippen LogP contribution is 2.39. The minimum absolute atomic E-state index is 0.0825. The van der Waals surface area contributed by atoms with Crippen LogP contribution in [0.5, 0.6) is 0 Å². The second-order valence-electron chi connectivity index (χ2n) is 5.59. The first kappa shape index (κ1) is 16.8. The molecule has 1 fully saturated rings. The predicted octanol–water partition coefficient (Wildman–Crippen LogP) is 2.36. The second-order valence-corrected chi connectivity index (χ2v) is 8.63. The molecule has 0 radical (unpaired) electrons. The topological polar surface area (TPSA) is 58.2 Å². The van der Waals surface area contributed by atoms with Crippen LogP contribution in [-0.4, -0.2) is 33.0 Å². The van der Waals surface area contributed by atoms with E-state index < -0.39 is 10.0 Å². The van der Waals surface area contributed by atoms with Gasteiger partial charge in [0.25, 0.3) is 0 Å². The van der Waals surface area contributed by atoms with E-state index in [4.69, 9.17) is 0 Å². The largest absolute Gasteiger partial charge is 0.316 e. The normalized spacial score (nSPS) is 18.0. The maximum absolute atomic E-state index is 12.4. The number of benzene rings is 1. The zero-order valence-electron chi connectivity index (χ0n) is 12.7. The van der Waals surface area contributed by atoms with Gasteiger partial charge in [-0.1, -0.05) is 25.0 Å². The molecule has 21 heavy (non-hydrogen) atoms. The van der Waals surface area contributed by atoms with Crippen molar-refractivity contribution < 1.29 is 8.42 Å². The van der Waals surface area contributed by atoms with Crippen LogP contribution in [0.4, 0.5) is 0 Å². The molecule has 1 saturated carbocycles. The van der Waals surface area contributed by atoms with Crippen LogP contribution in [0.25, 0.3) is 0 Å². The van der Waals surface area contributed by atoms with Gasteiger partial charge in [-0.15, -0.1) is 0 Å². The van der Waals surface area contributed by atoms with Gasteiger partial charge in [0, 0.05) is 17.8 Å². The summed E-state index contributed by atoms with van der Waals surface area (Å²) in [5.74, 6) is 0. The molecule has 0 bridgehead atoms. The fraction of sp³-hybridized carbons (Fsp3) is 0.600. The van der Waals surface area contributed by atoms with E-state index in [0.717, 1.165) is 24.9 Å². The molecular weight excluding hydrogens is 304 g/mol. The summed E-state index contributed by atoms with van der Waals surface area (Å²) in [6, 6.07) is 7.06. The van der Waals surface area contributed by atoms with E-state index in [1.165, 1.54) is 12.8 Å². The third-order valence-corrected chi connectivity index (χ3v) is 6.98. The molecule has 0 aliphatic heterocycles. The molecule has 4 nitrogen and oxygen atoms in total. The molecule has 1 aliphatic carbocycles. The van der Waals surface area contributed by atoms with Crippen LogP contribution in [0.15, 0.2) is 29.2 Å². The second kappa shape index (κ2) is 7.13. The number of thioether (sulfide) groups is 1. The molecular formula is C15H24N2O2S2. The van der Waals surface area contributed by atoms with Crippen LogP contribution >= 0.6 is 11.8 Å². The molecule has 0 unspecified atom stereocenters. The summed E-state index contributed by atoms with van der Waals surface area (Å²) in [6.07, 6.45) is 6.66. The van der Waals surface area contributed by atoms with Gasteiger partial charge in [-0.2, -0.15) is 11.8 Å². The SMILES string of the molecule is CNCc1ccc(S(=O)(=O)NCC2(SC)CCCC2)cc1. The molecule has 0 spiro atoms. The van der Waals surface area contributed by atoms with E-state index >= 15 is 0 Å².